The first kappa shape index (κ1) is 13.8. The molecule has 2 fully saturated rings. The average Bonchev–Trinajstić information content (AvgIpc) is 2.81. The maximum atomic E-state index is 12.2. The van der Waals surface area contributed by atoms with Gasteiger partial charge in [-0.3, -0.25) is 4.79 Å². The fraction of sp³-hybridized carbons (Fsp3) is 0.929. The van der Waals surface area contributed by atoms with Crippen LogP contribution in [0.2, 0.25) is 0 Å². The number of hydrogen-bond donors (Lipinski definition) is 2. The molecule has 2 rings (SSSR count). The zero-order valence-corrected chi connectivity index (χ0v) is 11.5. The van der Waals surface area contributed by atoms with Gasteiger partial charge in [-0.15, -0.1) is 0 Å². The van der Waals surface area contributed by atoms with Crippen LogP contribution in [-0.2, 0) is 4.79 Å². The summed E-state index contributed by atoms with van der Waals surface area (Å²) in [6.07, 6.45) is 7.02. The molecule has 1 saturated heterocycles. The number of likely N-dealkylation sites (N-methyl/N-ethyl adjacent to an activating group) is 1. The Morgan fingerprint density at radius 2 is 2.06 bits per heavy atom. The molecule has 4 heteroatoms. The summed E-state index contributed by atoms with van der Waals surface area (Å²) in [7, 11) is 2.15. The molecular weight excluding hydrogens is 226 g/mol. The minimum atomic E-state index is 0.162. The molecule has 1 heterocycles. The summed E-state index contributed by atoms with van der Waals surface area (Å²) in [5.41, 5.74) is 5.78. The van der Waals surface area contributed by atoms with Gasteiger partial charge in [-0.05, 0) is 51.7 Å². The molecule has 0 radical (unpaired) electrons. The second-order valence-corrected chi connectivity index (χ2v) is 5.91. The summed E-state index contributed by atoms with van der Waals surface area (Å²) in [5.74, 6) is 0.806. The van der Waals surface area contributed by atoms with Crippen molar-refractivity contribution in [3.05, 3.63) is 0 Å². The van der Waals surface area contributed by atoms with Crippen LogP contribution in [0.1, 0.15) is 38.5 Å². The fourth-order valence-corrected chi connectivity index (χ4v) is 3.42. The van der Waals surface area contributed by atoms with Crippen LogP contribution >= 0.6 is 0 Å². The number of carbonyl (C=O) groups excluding carboxylic acids is 1. The van der Waals surface area contributed by atoms with Crippen LogP contribution in [0.25, 0.3) is 0 Å². The SMILES string of the molecule is CN1CCCC1CNC(=O)C1CCCCC1CN. The van der Waals surface area contributed by atoms with Crippen LogP contribution in [-0.4, -0.2) is 43.5 Å². The quantitative estimate of drug-likeness (QED) is 0.784. The van der Waals surface area contributed by atoms with Crippen molar-refractivity contribution in [1.82, 2.24) is 10.2 Å². The molecule has 0 spiro atoms. The molecule has 2 aliphatic rings. The van der Waals surface area contributed by atoms with Crippen LogP contribution in [0.4, 0.5) is 0 Å². The van der Waals surface area contributed by atoms with Gasteiger partial charge in [-0.1, -0.05) is 12.8 Å². The van der Waals surface area contributed by atoms with E-state index in [-0.39, 0.29) is 11.8 Å². The van der Waals surface area contributed by atoms with Crippen molar-refractivity contribution in [3.8, 4) is 0 Å². The first-order valence-electron chi connectivity index (χ1n) is 7.40. The lowest BCUT2D eigenvalue weighted by Gasteiger charge is -2.30. The van der Waals surface area contributed by atoms with Gasteiger partial charge in [-0.25, -0.2) is 0 Å². The molecule has 0 aromatic carbocycles. The standard InChI is InChI=1S/C14H27N3O/c1-17-8-4-6-12(17)10-16-14(18)13-7-3-2-5-11(13)9-15/h11-13H,2-10,15H2,1H3,(H,16,18). The third-order valence-electron chi connectivity index (χ3n) is 4.73. The lowest BCUT2D eigenvalue weighted by Crippen LogP contribution is -2.44. The van der Waals surface area contributed by atoms with Crippen molar-refractivity contribution in [2.75, 3.05) is 26.7 Å². The van der Waals surface area contributed by atoms with Gasteiger partial charge in [0.1, 0.15) is 0 Å². The van der Waals surface area contributed by atoms with Crippen molar-refractivity contribution in [2.45, 2.75) is 44.6 Å². The molecule has 1 saturated carbocycles. The van der Waals surface area contributed by atoms with Gasteiger partial charge in [0.05, 0.1) is 0 Å². The number of carbonyl (C=O) groups is 1. The highest BCUT2D eigenvalue weighted by Crippen LogP contribution is 2.29. The minimum absolute atomic E-state index is 0.162. The van der Waals surface area contributed by atoms with Gasteiger partial charge in [0.15, 0.2) is 0 Å². The van der Waals surface area contributed by atoms with Gasteiger partial charge in [0.25, 0.3) is 0 Å². The zero-order valence-electron chi connectivity index (χ0n) is 11.5. The third-order valence-corrected chi connectivity index (χ3v) is 4.73. The number of rotatable bonds is 4. The van der Waals surface area contributed by atoms with Gasteiger partial charge in [-0.2, -0.15) is 0 Å². The van der Waals surface area contributed by atoms with Gasteiger partial charge in [0, 0.05) is 18.5 Å². The molecule has 1 aliphatic heterocycles. The van der Waals surface area contributed by atoms with Crippen LogP contribution in [0.15, 0.2) is 0 Å². The van der Waals surface area contributed by atoms with E-state index in [1.807, 2.05) is 0 Å². The normalized spacial score (nSPS) is 33.6. The molecule has 104 valence electrons. The van der Waals surface area contributed by atoms with Crippen molar-refractivity contribution in [1.29, 1.82) is 0 Å². The third kappa shape index (κ3) is 3.23. The summed E-state index contributed by atoms with van der Waals surface area (Å²) in [6, 6.07) is 0.536. The predicted molar refractivity (Wildman–Crippen MR) is 73.2 cm³/mol. The number of amides is 1. The molecule has 1 amide bonds. The molecule has 3 atom stereocenters. The van der Waals surface area contributed by atoms with Crippen LogP contribution < -0.4 is 11.1 Å². The van der Waals surface area contributed by atoms with Gasteiger partial charge < -0.3 is 16.0 Å². The minimum Gasteiger partial charge on any atom is -0.354 e. The van der Waals surface area contributed by atoms with Crippen molar-refractivity contribution in [2.24, 2.45) is 17.6 Å². The van der Waals surface area contributed by atoms with E-state index in [1.54, 1.807) is 0 Å². The van der Waals surface area contributed by atoms with E-state index in [9.17, 15) is 4.79 Å². The molecule has 4 nitrogen and oxygen atoms in total. The molecule has 1 aliphatic carbocycles. The van der Waals surface area contributed by atoms with Crippen molar-refractivity contribution < 1.29 is 4.79 Å². The first-order chi connectivity index (χ1) is 8.72. The highest BCUT2D eigenvalue weighted by molar-refractivity contribution is 5.79. The Morgan fingerprint density at radius 1 is 1.28 bits per heavy atom. The van der Waals surface area contributed by atoms with E-state index >= 15 is 0 Å². The summed E-state index contributed by atoms with van der Waals surface area (Å²) in [5, 5.41) is 3.15. The van der Waals surface area contributed by atoms with Gasteiger partial charge >= 0.3 is 0 Å². The van der Waals surface area contributed by atoms with Crippen LogP contribution in [0.5, 0.6) is 0 Å². The number of nitrogens with zero attached hydrogens (tertiary/aromatic N) is 1. The van der Waals surface area contributed by atoms with Crippen molar-refractivity contribution in [3.63, 3.8) is 0 Å². The second kappa shape index (κ2) is 6.53. The largest absolute Gasteiger partial charge is 0.354 e. The monoisotopic (exact) mass is 253 g/mol. The molecule has 0 aromatic heterocycles. The molecular formula is C14H27N3O. The molecule has 0 aromatic rings. The Hall–Kier alpha value is -0.610. The number of nitrogens with one attached hydrogen (secondary N) is 1. The summed E-state index contributed by atoms with van der Waals surface area (Å²) >= 11 is 0. The molecule has 3 unspecified atom stereocenters. The molecule has 0 bridgehead atoms. The van der Waals surface area contributed by atoms with Crippen LogP contribution in [0, 0.1) is 11.8 Å². The maximum absolute atomic E-state index is 12.2. The Labute approximate surface area is 110 Å². The topological polar surface area (TPSA) is 58.4 Å². The summed E-state index contributed by atoms with van der Waals surface area (Å²) < 4.78 is 0. The van der Waals surface area contributed by atoms with Gasteiger partial charge in [0.2, 0.25) is 5.91 Å². The van der Waals surface area contributed by atoms with E-state index < -0.39 is 0 Å². The van der Waals surface area contributed by atoms with Crippen LogP contribution in [0.3, 0.4) is 0 Å². The van der Waals surface area contributed by atoms with E-state index in [2.05, 4.69) is 17.3 Å². The summed E-state index contributed by atoms with van der Waals surface area (Å²) in [4.78, 5) is 14.6. The van der Waals surface area contributed by atoms with E-state index in [1.165, 1.54) is 25.7 Å². The Kier molecular flexibility index (Phi) is 5.01. The number of likely N-dealkylation sites (tertiary alicyclic amines) is 1. The zero-order chi connectivity index (χ0) is 13.0. The molecule has 3 N–H and O–H groups in total. The Bertz CT molecular complexity index is 282. The van der Waals surface area contributed by atoms with E-state index in [4.69, 9.17) is 5.73 Å². The first-order valence-corrected chi connectivity index (χ1v) is 7.40. The van der Waals surface area contributed by atoms with E-state index in [0.29, 0.717) is 18.5 Å². The van der Waals surface area contributed by atoms with Crippen molar-refractivity contribution >= 4 is 5.91 Å². The Morgan fingerprint density at radius 3 is 2.72 bits per heavy atom. The number of hydrogen-bond acceptors (Lipinski definition) is 3. The fourth-order valence-electron chi connectivity index (χ4n) is 3.42. The maximum Gasteiger partial charge on any atom is 0.223 e. The highest BCUT2D eigenvalue weighted by Gasteiger charge is 2.30. The molecule has 18 heavy (non-hydrogen) atoms. The van der Waals surface area contributed by atoms with E-state index in [0.717, 1.165) is 25.9 Å². The number of nitrogens with two attached hydrogens (primary N) is 1. The highest BCUT2D eigenvalue weighted by atomic mass is 16.1. The predicted octanol–water partition coefficient (Wildman–Crippen LogP) is 0.962. The second-order valence-electron chi connectivity index (χ2n) is 5.91. The average molecular weight is 253 g/mol. The lowest BCUT2D eigenvalue weighted by molar-refractivity contribution is -0.127. The lowest BCUT2D eigenvalue weighted by atomic mass is 9.78. The smallest absolute Gasteiger partial charge is 0.223 e. The summed E-state index contributed by atoms with van der Waals surface area (Å²) in [6.45, 7) is 2.62. The Balaban J connectivity index is 1.79.